The largest absolute Gasteiger partial charge is 0.358 e. The molecule has 1 N–H and O–H groups in total. The molecule has 0 unspecified atom stereocenters. The number of hydrogen-bond acceptors (Lipinski definition) is 4. The average Bonchev–Trinajstić information content (AvgIpc) is 3.08. The summed E-state index contributed by atoms with van der Waals surface area (Å²) in [6, 6.07) is 4.60. The van der Waals surface area contributed by atoms with Crippen LogP contribution < -0.4 is 0 Å². The van der Waals surface area contributed by atoms with Crippen molar-refractivity contribution in [2.45, 2.75) is 25.8 Å². The number of amides is 2. The number of halogens is 1. The van der Waals surface area contributed by atoms with E-state index in [4.69, 9.17) is 0 Å². The molecule has 10 heteroatoms. The molecule has 0 atom stereocenters. The summed E-state index contributed by atoms with van der Waals surface area (Å²) in [7, 11) is -3.24. The first-order valence-electron chi connectivity index (χ1n) is 10.0. The fourth-order valence-corrected chi connectivity index (χ4v) is 5.03. The van der Waals surface area contributed by atoms with Crippen LogP contribution in [-0.4, -0.2) is 78.3 Å². The number of aromatic amines is 1. The summed E-state index contributed by atoms with van der Waals surface area (Å²) in [5, 5.41) is 0.794. The number of benzene rings is 1. The van der Waals surface area contributed by atoms with Crippen LogP contribution in [0.1, 0.15) is 24.1 Å². The minimum absolute atomic E-state index is 0.101. The maximum absolute atomic E-state index is 13.6. The van der Waals surface area contributed by atoms with Crippen LogP contribution >= 0.6 is 0 Å². The number of hydrogen-bond donors (Lipinski definition) is 1. The van der Waals surface area contributed by atoms with Gasteiger partial charge in [-0.15, -0.1) is 0 Å². The van der Waals surface area contributed by atoms with E-state index in [-0.39, 0.29) is 43.6 Å². The molecule has 1 aromatic carbocycles. The number of carbonyl (C=O) groups excluding carboxylic acids is 2. The molecule has 30 heavy (non-hydrogen) atoms. The topological polar surface area (TPSA) is 93.8 Å². The maximum Gasteiger partial charge on any atom is 0.223 e. The van der Waals surface area contributed by atoms with Crippen molar-refractivity contribution in [2.75, 3.05) is 39.0 Å². The summed E-state index contributed by atoms with van der Waals surface area (Å²) in [4.78, 5) is 31.8. The lowest BCUT2D eigenvalue weighted by Crippen LogP contribution is -2.50. The van der Waals surface area contributed by atoms with E-state index < -0.39 is 10.0 Å². The van der Waals surface area contributed by atoms with E-state index in [0.717, 1.165) is 28.4 Å². The van der Waals surface area contributed by atoms with Gasteiger partial charge in [-0.1, -0.05) is 0 Å². The van der Waals surface area contributed by atoms with Gasteiger partial charge in [0.25, 0.3) is 0 Å². The number of rotatable bonds is 4. The van der Waals surface area contributed by atoms with E-state index in [2.05, 4.69) is 4.98 Å². The maximum atomic E-state index is 13.6. The zero-order chi connectivity index (χ0) is 21.5. The number of sulfonamides is 1. The minimum Gasteiger partial charge on any atom is -0.358 e. The Hall–Kier alpha value is -2.46. The van der Waals surface area contributed by atoms with Gasteiger partial charge in [-0.05, 0) is 18.2 Å². The van der Waals surface area contributed by atoms with Gasteiger partial charge in [0.05, 0.1) is 6.26 Å². The molecule has 0 bridgehead atoms. The fourth-order valence-electron chi connectivity index (χ4n) is 4.20. The Labute approximate surface area is 174 Å². The van der Waals surface area contributed by atoms with Crippen molar-refractivity contribution < 1.29 is 22.4 Å². The van der Waals surface area contributed by atoms with Crippen LogP contribution in [0.3, 0.4) is 0 Å². The summed E-state index contributed by atoms with van der Waals surface area (Å²) < 4.78 is 38.1. The fraction of sp³-hybridized carbons (Fsp3) is 0.500. The van der Waals surface area contributed by atoms with Crippen LogP contribution in [0.5, 0.6) is 0 Å². The third kappa shape index (κ3) is 4.20. The highest BCUT2D eigenvalue weighted by molar-refractivity contribution is 7.88. The van der Waals surface area contributed by atoms with Crippen LogP contribution in [0.15, 0.2) is 18.2 Å². The normalized spacial score (nSPS) is 17.9. The van der Waals surface area contributed by atoms with Gasteiger partial charge in [-0.2, -0.15) is 4.31 Å². The van der Waals surface area contributed by atoms with Crippen LogP contribution in [0, 0.1) is 5.82 Å². The lowest BCUT2D eigenvalue weighted by Gasteiger charge is -2.33. The van der Waals surface area contributed by atoms with Crippen molar-refractivity contribution in [2.24, 2.45) is 0 Å². The third-order valence-corrected chi connectivity index (χ3v) is 7.21. The van der Waals surface area contributed by atoms with Crippen molar-refractivity contribution in [1.29, 1.82) is 0 Å². The number of piperazine rings is 1. The Morgan fingerprint density at radius 3 is 2.37 bits per heavy atom. The summed E-state index contributed by atoms with van der Waals surface area (Å²) >= 11 is 0. The molecule has 1 fully saturated rings. The van der Waals surface area contributed by atoms with Gasteiger partial charge >= 0.3 is 0 Å². The Morgan fingerprint density at radius 1 is 1.03 bits per heavy atom. The second-order valence-corrected chi connectivity index (χ2v) is 9.86. The van der Waals surface area contributed by atoms with Crippen molar-refractivity contribution >= 4 is 32.7 Å². The van der Waals surface area contributed by atoms with Crippen molar-refractivity contribution in [3.8, 4) is 0 Å². The Bertz CT molecular complexity index is 1090. The number of aromatic nitrogens is 1. The van der Waals surface area contributed by atoms with Gasteiger partial charge < -0.3 is 14.8 Å². The van der Waals surface area contributed by atoms with Gasteiger partial charge in [0, 0.05) is 80.7 Å². The van der Waals surface area contributed by atoms with Crippen molar-refractivity contribution in [3.05, 3.63) is 35.3 Å². The van der Waals surface area contributed by atoms with Crippen LogP contribution in [0.4, 0.5) is 4.39 Å². The van der Waals surface area contributed by atoms with E-state index in [1.54, 1.807) is 15.9 Å². The molecule has 8 nitrogen and oxygen atoms in total. The first-order chi connectivity index (χ1) is 14.2. The second-order valence-electron chi connectivity index (χ2n) is 7.88. The Kier molecular flexibility index (Phi) is 5.54. The summed E-state index contributed by atoms with van der Waals surface area (Å²) in [6.07, 6.45) is 2.04. The standard InChI is InChI=1S/C20H25FN4O4S/c1-30(28,29)25-10-8-23(9-11-25)19(26)4-5-20(27)24-7-6-18-16(13-24)15-12-14(21)2-3-17(15)22-18/h2-3,12,22H,4-11,13H2,1H3. The monoisotopic (exact) mass is 436 g/mol. The average molecular weight is 437 g/mol. The minimum atomic E-state index is -3.24. The highest BCUT2D eigenvalue weighted by Crippen LogP contribution is 2.28. The smallest absolute Gasteiger partial charge is 0.223 e. The molecule has 1 saturated heterocycles. The third-order valence-electron chi connectivity index (χ3n) is 5.90. The SMILES string of the molecule is CS(=O)(=O)N1CCN(C(=O)CCC(=O)N2CCc3[nH]c4ccc(F)cc4c3C2)CC1. The highest BCUT2D eigenvalue weighted by atomic mass is 32.2. The van der Waals surface area contributed by atoms with Gasteiger partial charge in [-0.3, -0.25) is 9.59 Å². The molecule has 0 aliphatic carbocycles. The van der Waals surface area contributed by atoms with Crippen LogP contribution in [0.25, 0.3) is 10.9 Å². The number of H-pyrrole nitrogens is 1. The zero-order valence-electron chi connectivity index (χ0n) is 16.9. The summed E-state index contributed by atoms with van der Waals surface area (Å²) in [5.74, 6) is -0.549. The first-order valence-corrected chi connectivity index (χ1v) is 11.9. The van der Waals surface area contributed by atoms with Crippen molar-refractivity contribution in [3.63, 3.8) is 0 Å². The Balaban J connectivity index is 1.33. The molecule has 162 valence electrons. The first kappa shape index (κ1) is 20.8. The van der Waals surface area contributed by atoms with Crippen molar-refractivity contribution in [1.82, 2.24) is 19.1 Å². The van der Waals surface area contributed by atoms with E-state index >= 15 is 0 Å². The predicted molar refractivity (Wildman–Crippen MR) is 110 cm³/mol. The quantitative estimate of drug-likeness (QED) is 0.776. The van der Waals surface area contributed by atoms with Gasteiger partial charge in [0.15, 0.2) is 0 Å². The van der Waals surface area contributed by atoms with Gasteiger partial charge in [0.2, 0.25) is 21.8 Å². The number of nitrogens with one attached hydrogen (secondary N) is 1. The van der Waals surface area contributed by atoms with Gasteiger partial charge in [-0.25, -0.2) is 12.8 Å². The van der Waals surface area contributed by atoms with Crippen LogP contribution in [-0.2, 0) is 32.6 Å². The predicted octanol–water partition coefficient (Wildman–Crippen LogP) is 1.08. The lowest BCUT2D eigenvalue weighted by molar-refractivity contribution is -0.138. The molecule has 0 spiro atoms. The van der Waals surface area contributed by atoms with E-state index in [9.17, 15) is 22.4 Å². The number of fused-ring (bicyclic) bond motifs is 3. The second kappa shape index (κ2) is 7.99. The number of carbonyl (C=O) groups is 2. The van der Waals surface area contributed by atoms with E-state index in [0.29, 0.717) is 32.6 Å². The highest BCUT2D eigenvalue weighted by Gasteiger charge is 2.28. The number of nitrogens with zero attached hydrogens (tertiary/aromatic N) is 3. The van der Waals surface area contributed by atoms with Gasteiger partial charge in [0.1, 0.15) is 5.82 Å². The van der Waals surface area contributed by atoms with Crippen LogP contribution in [0.2, 0.25) is 0 Å². The van der Waals surface area contributed by atoms with E-state index in [1.807, 2.05) is 0 Å². The molecular formula is C20H25FN4O4S. The molecule has 2 aliphatic rings. The summed E-state index contributed by atoms with van der Waals surface area (Å²) in [6.45, 7) is 2.21. The molecular weight excluding hydrogens is 411 g/mol. The molecule has 2 aliphatic heterocycles. The molecule has 0 saturated carbocycles. The Morgan fingerprint density at radius 2 is 1.70 bits per heavy atom. The van der Waals surface area contributed by atoms with E-state index in [1.165, 1.54) is 16.4 Å². The molecule has 1 aromatic heterocycles. The molecule has 2 amide bonds. The molecule has 4 rings (SSSR count). The zero-order valence-corrected chi connectivity index (χ0v) is 17.7. The molecule has 2 aromatic rings. The lowest BCUT2D eigenvalue weighted by atomic mass is 10.0. The molecule has 3 heterocycles. The summed E-state index contributed by atoms with van der Waals surface area (Å²) in [5.41, 5.74) is 2.82. The molecule has 0 radical (unpaired) electrons.